The molecule has 1 fully saturated rings. The summed E-state index contributed by atoms with van der Waals surface area (Å²) < 4.78 is 5.05. The zero-order valence-corrected chi connectivity index (χ0v) is 14.4. The van der Waals surface area contributed by atoms with Crippen LogP contribution in [0.1, 0.15) is 21.9 Å². The lowest BCUT2D eigenvalue weighted by Gasteiger charge is -2.23. The van der Waals surface area contributed by atoms with Gasteiger partial charge in [0.15, 0.2) is 0 Å². The van der Waals surface area contributed by atoms with Crippen molar-refractivity contribution in [3.63, 3.8) is 0 Å². The normalized spacial score (nSPS) is 20.5. The molecule has 1 aliphatic heterocycles. The summed E-state index contributed by atoms with van der Waals surface area (Å²) in [6.45, 7) is 2.58. The minimum atomic E-state index is -1.02. The standard InChI is InChI=1S/C16H19N3O4S/c1-10-18-13(7-24-10)11-5-12(17-6-11)14(20)19-4-3-16(8-19,9-23-2)15(21)22/h5-7,17H,3-4,8-9H2,1-2H3,(H,21,22). The summed E-state index contributed by atoms with van der Waals surface area (Å²) >= 11 is 1.55. The molecule has 7 nitrogen and oxygen atoms in total. The van der Waals surface area contributed by atoms with Crippen LogP contribution in [0.15, 0.2) is 17.6 Å². The Hall–Kier alpha value is -2.19. The van der Waals surface area contributed by atoms with Gasteiger partial charge in [0.1, 0.15) is 11.1 Å². The molecular weight excluding hydrogens is 330 g/mol. The van der Waals surface area contributed by atoms with Gasteiger partial charge in [-0.2, -0.15) is 0 Å². The van der Waals surface area contributed by atoms with Gasteiger partial charge in [-0.1, -0.05) is 0 Å². The van der Waals surface area contributed by atoms with Gasteiger partial charge in [-0.05, 0) is 19.4 Å². The van der Waals surface area contributed by atoms with Gasteiger partial charge < -0.3 is 19.7 Å². The largest absolute Gasteiger partial charge is 0.481 e. The van der Waals surface area contributed by atoms with E-state index in [1.54, 1.807) is 28.5 Å². The number of carbonyl (C=O) groups excluding carboxylic acids is 1. The number of ether oxygens (including phenoxy) is 1. The molecule has 2 N–H and O–H groups in total. The summed E-state index contributed by atoms with van der Waals surface area (Å²) in [4.78, 5) is 33.2. The minimum absolute atomic E-state index is 0.0974. The first-order valence-corrected chi connectivity index (χ1v) is 8.46. The first kappa shape index (κ1) is 16.7. The van der Waals surface area contributed by atoms with Crippen LogP contribution in [-0.4, -0.2) is 58.7 Å². The average Bonchev–Trinajstić information content (AvgIpc) is 3.25. The highest BCUT2D eigenvalue weighted by molar-refractivity contribution is 7.09. The number of aromatic amines is 1. The number of nitrogens with zero attached hydrogens (tertiary/aromatic N) is 2. The molecule has 2 aromatic rings. The van der Waals surface area contributed by atoms with Crippen LogP contribution in [0.2, 0.25) is 0 Å². The van der Waals surface area contributed by atoms with Crippen LogP contribution >= 0.6 is 11.3 Å². The Morgan fingerprint density at radius 1 is 1.54 bits per heavy atom. The Balaban J connectivity index is 1.76. The lowest BCUT2D eigenvalue weighted by Crippen LogP contribution is -2.40. The number of aromatic nitrogens is 2. The highest BCUT2D eigenvalue weighted by Gasteiger charge is 2.46. The summed E-state index contributed by atoms with van der Waals surface area (Å²) in [6.07, 6.45) is 2.14. The van der Waals surface area contributed by atoms with E-state index in [1.165, 1.54) is 7.11 Å². The van der Waals surface area contributed by atoms with E-state index in [9.17, 15) is 14.7 Å². The third-order valence-electron chi connectivity index (χ3n) is 4.34. The number of H-pyrrole nitrogens is 1. The summed E-state index contributed by atoms with van der Waals surface area (Å²) in [5.41, 5.74) is 1.09. The second kappa shape index (κ2) is 6.37. The average molecular weight is 349 g/mol. The van der Waals surface area contributed by atoms with Gasteiger partial charge in [0.05, 0.1) is 17.3 Å². The number of aliphatic carboxylic acids is 1. The molecule has 0 aromatic carbocycles. The molecule has 0 bridgehead atoms. The molecule has 3 heterocycles. The molecule has 1 unspecified atom stereocenters. The van der Waals surface area contributed by atoms with Crippen molar-refractivity contribution in [2.45, 2.75) is 13.3 Å². The van der Waals surface area contributed by atoms with Crippen LogP contribution in [-0.2, 0) is 9.53 Å². The fraction of sp³-hybridized carbons (Fsp3) is 0.438. The van der Waals surface area contributed by atoms with Gasteiger partial charge in [0, 0.05) is 37.3 Å². The van der Waals surface area contributed by atoms with Gasteiger partial charge in [-0.3, -0.25) is 9.59 Å². The van der Waals surface area contributed by atoms with Crippen LogP contribution in [0.3, 0.4) is 0 Å². The van der Waals surface area contributed by atoms with Crippen LogP contribution in [0, 0.1) is 12.3 Å². The number of nitrogens with one attached hydrogen (secondary N) is 1. The number of likely N-dealkylation sites (tertiary alicyclic amines) is 1. The van der Waals surface area contributed by atoms with E-state index >= 15 is 0 Å². The molecule has 1 atom stereocenters. The smallest absolute Gasteiger partial charge is 0.313 e. The van der Waals surface area contributed by atoms with Gasteiger partial charge >= 0.3 is 5.97 Å². The van der Waals surface area contributed by atoms with Gasteiger partial charge in [-0.25, -0.2) is 4.98 Å². The summed E-state index contributed by atoms with van der Waals surface area (Å²) in [5, 5.41) is 12.4. The molecule has 1 amide bonds. The quantitative estimate of drug-likeness (QED) is 0.861. The van der Waals surface area contributed by atoms with Gasteiger partial charge in [0.2, 0.25) is 0 Å². The SMILES string of the molecule is COCC1(C(=O)O)CCN(C(=O)c2cc(-c3csc(C)n3)c[nH]2)C1. The lowest BCUT2D eigenvalue weighted by molar-refractivity contribution is -0.151. The van der Waals surface area contributed by atoms with Crippen LogP contribution in [0.4, 0.5) is 0 Å². The van der Waals surface area contributed by atoms with Crippen molar-refractivity contribution in [3.8, 4) is 11.3 Å². The number of carboxylic acid groups (broad SMARTS) is 1. The van der Waals surface area contributed by atoms with Crippen molar-refractivity contribution in [1.29, 1.82) is 0 Å². The highest BCUT2D eigenvalue weighted by Crippen LogP contribution is 2.32. The first-order chi connectivity index (χ1) is 11.4. The molecule has 0 radical (unpaired) electrons. The van der Waals surface area contributed by atoms with E-state index < -0.39 is 11.4 Å². The number of aryl methyl sites for hydroxylation is 1. The fourth-order valence-corrected chi connectivity index (χ4v) is 3.63. The van der Waals surface area contributed by atoms with Gasteiger partial charge in [-0.15, -0.1) is 11.3 Å². The Kier molecular flexibility index (Phi) is 4.42. The summed E-state index contributed by atoms with van der Waals surface area (Å²) in [7, 11) is 1.47. The van der Waals surface area contributed by atoms with Crippen LogP contribution in [0.25, 0.3) is 11.3 Å². The highest BCUT2D eigenvalue weighted by atomic mass is 32.1. The fourth-order valence-electron chi connectivity index (χ4n) is 3.01. The van der Waals surface area contributed by atoms with E-state index in [2.05, 4.69) is 9.97 Å². The Labute approximate surface area is 143 Å². The monoisotopic (exact) mass is 349 g/mol. The van der Waals surface area contributed by atoms with Crippen molar-refractivity contribution in [2.24, 2.45) is 5.41 Å². The van der Waals surface area contributed by atoms with Crippen molar-refractivity contribution < 1.29 is 19.4 Å². The molecule has 3 rings (SSSR count). The van der Waals surface area contributed by atoms with Crippen LogP contribution < -0.4 is 0 Å². The molecule has 128 valence electrons. The van der Waals surface area contributed by atoms with Crippen molar-refractivity contribution in [2.75, 3.05) is 26.8 Å². The van der Waals surface area contributed by atoms with E-state index in [4.69, 9.17) is 4.74 Å². The molecule has 0 saturated carbocycles. The second-order valence-corrected chi connectivity index (χ2v) is 7.11. The Bertz CT molecular complexity index is 769. The van der Waals surface area contributed by atoms with Crippen molar-refractivity contribution >= 4 is 23.2 Å². The molecule has 24 heavy (non-hydrogen) atoms. The Morgan fingerprint density at radius 2 is 2.33 bits per heavy atom. The number of methoxy groups -OCH3 is 1. The number of amides is 1. The Morgan fingerprint density at radius 3 is 2.96 bits per heavy atom. The molecule has 1 aliphatic rings. The van der Waals surface area contributed by atoms with E-state index in [-0.39, 0.29) is 19.1 Å². The predicted molar refractivity (Wildman–Crippen MR) is 89.1 cm³/mol. The molecule has 0 aliphatic carbocycles. The maximum Gasteiger partial charge on any atom is 0.313 e. The van der Waals surface area contributed by atoms with E-state index in [0.29, 0.717) is 18.7 Å². The zero-order chi connectivity index (χ0) is 17.3. The molecule has 8 heteroatoms. The van der Waals surface area contributed by atoms with E-state index in [0.717, 1.165) is 16.3 Å². The van der Waals surface area contributed by atoms with E-state index in [1.807, 2.05) is 12.3 Å². The number of rotatable bonds is 5. The van der Waals surface area contributed by atoms with Crippen LogP contribution in [0.5, 0.6) is 0 Å². The maximum absolute atomic E-state index is 12.7. The maximum atomic E-state index is 12.7. The first-order valence-electron chi connectivity index (χ1n) is 7.58. The summed E-state index contributed by atoms with van der Waals surface area (Å²) in [5.74, 6) is -1.13. The second-order valence-electron chi connectivity index (χ2n) is 6.05. The number of carboxylic acids is 1. The third-order valence-corrected chi connectivity index (χ3v) is 5.12. The number of hydrogen-bond acceptors (Lipinski definition) is 5. The topological polar surface area (TPSA) is 95.5 Å². The van der Waals surface area contributed by atoms with Crippen molar-refractivity contribution in [3.05, 3.63) is 28.3 Å². The number of hydrogen-bond donors (Lipinski definition) is 2. The predicted octanol–water partition coefficient (Wildman–Crippen LogP) is 2.01. The molecule has 1 saturated heterocycles. The number of thiazole rings is 1. The molecular formula is C16H19N3O4S. The molecule has 0 spiro atoms. The lowest BCUT2D eigenvalue weighted by atomic mass is 9.88. The zero-order valence-electron chi connectivity index (χ0n) is 13.5. The number of carbonyl (C=O) groups is 2. The molecule has 2 aromatic heterocycles. The third kappa shape index (κ3) is 2.94. The summed E-state index contributed by atoms with van der Waals surface area (Å²) in [6, 6.07) is 1.76. The van der Waals surface area contributed by atoms with Gasteiger partial charge in [0.25, 0.3) is 5.91 Å². The minimum Gasteiger partial charge on any atom is -0.481 e. The van der Waals surface area contributed by atoms with Crippen molar-refractivity contribution in [1.82, 2.24) is 14.9 Å².